The van der Waals surface area contributed by atoms with Crippen LogP contribution >= 0.6 is 11.8 Å². The average Bonchev–Trinajstić information content (AvgIpc) is 2.98. The number of aromatic hydroxyl groups is 1. The normalized spacial score (nSPS) is 22.7. The summed E-state index contributed by atoms with van der Waals surface area (Å²) in [5, 5.41) is 12.1. The molecule has 3 atom stereocenters. The highest BCUT2D eigenvalue weighted by molar-refractivity contribution is 7.99. The van der Waals surface area contributed by atoms with Gasteiger partial charge in [0, 0.05) is 22.9 Å². The first-order valence-electron chi connectivity index (χ1n) is 11.4. The molecule has 2 aliphatic heterocycles. The van der Waals surface area contributed by atoms with Crippen molar-refractivity contribution >= 4 is 17.7 Å². The van der Waals surface area contributed by atoms with Crippen molar-refractivity contribution in [3.05, 3.63) is 81.1 Å². The topological polar surface area (TPSA) is 65.8 Å². The molecule has 0 spiro atoms. The molecule has 1 aromatic carbocycles. The molecule has 0 saturated heterocycles. The summed E-state index contributed by atoms with van der Waals surface area (Å²) >= 11 is 1.43. The number of hydrogen-bond acceptors (Lipinski definition) is 5. The molecule has 0 saturated carbocycles. The number of amides is 1. The number of carbonyl (C=O) groups excluding carboxylic acids is 1. The fourth-order valence-electron chi connectivity index (χ4n) is 5.07. The van der Waals surface area contributed by atoms with Crippen LogP contribution in [0.1, 0.15) is 42.4 Å². The first-order chi connectivity index (χ1) is 17.0. The van der Waals surface area contributed by atoms with E-state index in [1.807, 2.05) is 19.1 Å². The van der Waals surface area contributed by atoms with Crippen LogP contribution in [-0.4, -0.2) is 45.2 Å². The van der Waals surface area contributed by atoms with Gasteiger partial charge in [-0.25, -0.2) is 4.39 Å². The zero-order chi connectivity index (χ0) is 25.9. The van der Waals surface area contributed by atoms with Crippen molar-refractivity contribution in [2.24, 2.45) is 5.92 Å². The predicted molar refractivity (Wildman–Crippen MR) is 127 cm³/mol. The van der Waals surface area contributed by atoms with Gasteiger partial charge in [-0.05, 0) is 48.1 Å². The molecule has 11 heteroatoms. The number of carbonyl (C=O) groups is 1. The standard InChI is InChI=1S/C25H23F4N3O3S/c1-13-4-3-5-15-11-36-19-10-16(26)6-7-17(19)21(20(13)15)32-12-30(14(2)25(27,28)29)24(35)22-23(34)18(33)8-9-31(22)32/h3,5-10,13-14,21,34H,4,11-12H2,1-2H3/t13?,14-,21+/m0/s1. The molecule has 1 amide bonds. The molecule has 1 aromatic heterocycles. The second-order valence-electron chi connectivity index (χ2n) is 9.19. The van der Waals surface area contributed by atoms with Crippen LogP contribution < -0.4 is 10.4 Å². The molecule has 1 N–H and O–H groups in total. The lowest BCUT2D eigenvalue weighted by Gasteiger charge is -2.47. The molecule has 190 valence electrons. The Balaban J connectivity index is 1.78. The van der Waals surface area contributed by atoms with Gasteiger partial charge in [0.15, 0.2) is 11.4 Å². The molecule has 1 unspecified atom stereocenters. The second kappa shape index (κ2) is 8.72. The molecule has 6 nitrogen and oxygen atoms in total. The van der Waals surface area contributed by atoms with E-state index >= 15 is 0 Å². The maximum absolute atomic E-state index is 14.2. The van der Waals surface area contributed by atoms with Gasteiger partial charge in [-0.1, -0.05) is 25.1 Å². The zero-order valence-corrected chi connectivity index (χ0v) is 20.2. The summed E-state index contributed by atoms with van der Waals surface area (Å²) in [4.78, 5) is 26.7. The van der Waals surface area contributed by atoms with Crippen LogP contribution in [-0.2, 0) is 0 Å². The molecule has 3 aliphatic rings. The van der Waals surface area contributed by atoms with Crippen LogP contribution in [0.2, 0.25) is 0 Å². The zero-order valence-electron chi connectivity index (χ0n) is 19.4. The van der Waals surface area contributed by atoms with E-state index in [1.54, 1.807) is 11.1 Å². The average molecular weight is 522 g/mol. The van der Waals surface area contributed by atoms with Gasteiger partial charge >= 0.3 is 6.18 Å². The van der Waals surface area contributed by atoms with Crippen molar-refractivity contribution in [1.29, 1.82) is 0 Å². The number of aromatic nitrogens is 1. The highest BCUT2D eigenvalue weighted by Gasteiger charge is 2.48. The van der Waals surface area contributed by atoms with Gasteiger partial charge in [0.25, 0.3) is 5.91 Å². The summed E-state index contributed by atoms with van der Waals surface area (Å²) in [6.45, 7) is 2.42. The van der Waals surface area contributed by atoms with Gasteiger partial charge in [-0.2, -0.15) is 13.2 Å². The third-order valence-electron chi connectivity index (χ3n) is 6.99. The summed E-state index contributed by atoms with van der Waals surface area (Å²) < 4.78 is 56.9. The summed E-state index contributed by atoms with van der Waals surface area (Å²) in [5.41, 5.74) is 1.18. The lowest BCUT2D eigenvalue weighted by molar-refractivity contribution is -0.173. The monoisotopic (exact) mass is 521 g/mol. The number of fused-ring (bicyclic) bond motifs is 2. The van der Waals surface area contributed by atoms with Gasteiger partial charge in [0.2, 0.25) is 5.43 Å². The molecule has 2 aromatic rings. The largest absolute Gasteiger partial charge is 0.502 e. The Morgan fingerprint density at radius 3 is 2.67 bits per heavy atom. The third-order valence-corrected chi connectivity index (χ3v) is 8.11. The number of halogens is 4. The van der Waals surface area contributed by atoms with Crippen LogP contribution in [0.25, 0.3) is 0 Å². The number of benzene rings is 1. The number of rotatable bonds is 2. The predicted octanol–water partition coefficient (Wildman–Crippen LogP) is 4.73. The van der Waals surface area contributed by atoms with Crippen LogP contribution in [0.4, 0.5) is 17.6 Å². The molecule has 1 aliphatic carbocycles. The van der Waals surface area contributed by atoms with E-state index in [4.69, 9.17) is 0 Å². The number of pyridine rings is 1. The van der Waals surface area contributed by atoms with Crippen LogP contribution in [0, 0.1) is 11.7 Å². The number of allylic oxidation sites excluding steroid dienone is 2. The maximum Gasteiger partial charge on any atom is 0.408 e. The SMILES string of the molecule is CC1CC=CC2=C1[C@H](N1CN([C@@H](C)C(F)(F)F)C(=O)c3c(O)c(=O)ccn31)c1ccc(F)cc1SC2. The van der Waals surface area contributed by atoms with Crippen molar-refractivity contribution < 1.29 is 27.5 Å². The van der Waals surface area contributed by atoms with Gasteiger partial charge in [0.05, 0.1) is 6.04 Å². The molecule has 3 heterocycles. The van der Waals surface area contributed by atoms with Gasteiger partial charge in [-0.3, -0.25) is 19.3 Å². The van der Waals surface area contributed by atoms with Crippen LogP contribution in [0.15, 0.2) is 63.5 Å². The molecule has 0 radical (unpaired) electrons. The third kappa shape index (κ3) is 3.89. The van der Waals surface area contributed by atoms with E-state index in [1.165, 1.54) is 34.8 Å². The summed E-state index contributed by atoms with van der Waals surface area (Å²) in [5.74, 6) is -1.90. The van der Waals surface area contributed by atoms with Crippen molar-refractivity contribution in [3.63, 3.8) is 0 Å². The molecular formula is C25H23F4N3O3S. The van der Waals surface area contributed by atoms with Crippen molar-refractivity contribution in [2.75, 3.05) is 17.4 Å². The number of alkyl halides is 3. The first kappa shape index (κ1) is 24.5. The lowest BCUT2D eigenvalue weighted by Crippen LogP contribution is -2.60. The quantitative estimate of drug-likeness (QED) is 0.579. The van der Waals surface area contributed by atoms with E-state index in [0.29, 0.717) is 27.5 Å². The minimum absolute atomic E-state index is 0.00847. The van der Waals surface area contributed by atoms with Crippen molar-refractivity contribution in [2.45, 2.75) is 43.4 Å². The Labute approximate surface area is 208 Å². The summed E-state index contributed by atoms with van der Waals surface area (Å²) in [6.07, 6.45) is 1.27. The van der Waals surface area contributed by atoms with Crippen molar-refractivity contribution in [1.82, 2.24) is 9.58 Å². The highest BCUT2D eigenvalue weighted by atomic mass is 32.2. The fourth-order valence-corrected chi connectivity index (χ4v) is 6.19. The molecular weight excluding hydrogens is 498 g/mol. The van der Waals surface area contributed by atoms with Crippen LogP contribution in [0.5, 0.6) is 5.75 Å². The molecule has 36 heavy (non-hydrogen) atoms. The van der Waals surface area contributed by atoms with E-state index in [2.05, 4.69) is 0 Å². The van der Waals surface area contributed by atoms with Crippen molar-refractivity contribution in [3.8, 4) is 5.75 Å². The number of nitrogens with zero attached hydrogens (tertiary/aromatic N) is 3. The molecule has 0 bridgehead atoms. The highest BCUT2D eigenvalue weighted by Crippen LogP contribution is 2.47. The maximum atomic E-state index is 14.2. The smallest absolute Gasteiger partial charge is 0.408 e. The van der Waals surface area contributed by atoms with E-state index in [9.17, 15) is 32.3 Å². The van der Waals surface area contributed by atoms with Gasteiger partial charge in [0.1, 0.15) is 18.5 Å². The number of thioether (sulfide) groups is 1. The Hall–Kier alpha value is -3.21. The van der Waals surface area contributed by atoms with Crippen LogP contribution in [0.3, 0.4) is 0 Å². The van der Waals surface area contributed by atoms with Gasteiger partial charge < -0.3 is 10.0 Å². The molecule has 0 fully saturated rings. The minimum Gasteiger partial charge on any atom is -0.502 e. The van der Waals surface area contributed by atoms with Gasteiger partial charge in [-0.15, -0.1) is 11.8 Å². The Morgan fingerprint density at radius 1 is 1.19 bits per heavy atom. The van der Waals surface area contributed by atoms with E-state index in [0.717, 1.165) is 24.1 Å². The summed E-state index contributed by atoms with van der Waals surface area (Å²) in [6, 6.07) is 2.52. The summed E-state index contributed by atoms with van der Waals surface area (Å²) in [7, 11) is 0. The molecule has 5 rings (SSSR count). The lowest BCUT2D eigenvalue weighted by atomic mass is 9.81. The van der Waals surface area contributed by atoms with E-state index in [-0.39, 0.29) is 5.92 Å². The minimum atomic E-state index is -4.74. The second-order valence-corrected chi connectivity index (χ2v) is 10.2. The fraction of sp³-hybridized carbons (Fsp3) is 0.360. The number of hydrogen-bond donors (Lipinski definition) is 1. The Kier molecular flexibility index (Phi) is 5.93. The Bertz CT molecular complexity index is 1370. The first-order valence-corrected chi connectivity index (χ1v) is 12.4. The Morgan fingerprint density at radius 2 is 1.94 bits per heavy atom. The van der Waals surface area contributed by atoms with E-state index < -0.39 is 53.5 Å².